The molecule has 16 heavy (non-hydrogen) atoms. The van der Waals surface area contributed by atoms with Gasteiger partial charge in [0.05, 0.1) is 0 Å². The molecule has 0 aromatic rings. The first kappa shape index (κ1) is 13.2. The van der Waals surface area contributed by atoms with Crippen molar-refractivity contribution in [2.75, 3.05) is 0 Å². The second-order valence-corrected chi connectivity index (χ2v) is 5.29. The van der Waals surface area contributed by atoms with Crippen LogP contribution in [0.1, 0.15) is 53.4 Å². The van der Waals surface area contributed by atoms with Gasteiger partial charge in [-0.15, -0.1) is 0 Å². The van der Waals surface area contributed by atoms with Crippen LogP contribution in [0.4, 0.5) is 0 Å². The fourth-order valence-corrected chi connectivity index (χ4v) is 2.75. The van der Waals surface area contributed by atoms with Crippen LogP contribution < -0.4 is 0 Å². The molecule has 0 radical (unpaired) electrons. The van der Waals surface area contributed by atoms with E-state index in [4.69, 9.17) is 0 Å². The molecule has 0 amide bonds. The smallest absolute Gasteiger partial charge is 0.165 e. The molecular weight excluding hydrogens is 196 g/mol. The van der Waals surface area contributed by atoms with E-state index in [0.29, 0.717) is 0 Å². The van der Waals surface area contributed by atoms with E-state index in [1.54, 1.807) is 0 Å². The van der Waals surface area contributed by atoms with Crippen molar-refractivity contribution in [3.63, 3.8) is 0 Å². The number of hydrogen-bond donors (Lipinski definition) is 0. The van der Waals surface area contributed by atoms with Gasteiger partial charge in [0.2, 0.25) is 0 Å². The SMILES string of the molecule is C=C1CCC[C@](C)(CC)[C@H]1C(=O)C(C)=CC. The van der Waals surface area contributed by atoms with Crippen molar-refractivity contribution in [1.29, 1.82) is 0 Å². The van der Waals surface area contributed by atoms with Crippen LogP contribution >= 0.6 is 0 Å². The number of carbonyl (C=O) groups is 1. The van der Waals surface area contributed by atoms with Crippen molar-refractivity contribution < 1.29 is 4.79 Å². The topological polar surface area (TPSA) is 17.1 Å². The highest BCUT2D eigenvalue weighted by Crippen LogP contribution is 2.46. The molecule has 0 bridgehead atoms. The first-order valence-corrected chi connectivity index (χ1v) is 6.31. The van der Waals surface area contributed by atoms with Crippen LogP contribution in [-0.4, -0.2) is 5.78 Å². The minimum absolute atomic E-state index is 0.0439. The Labute approximate surface area is 99.6 Å². The Kier molecular flexibility index (Phi) is 4.12. The molecular formula is C15H24O. The lowest BCUT2D eigenvalue weighted by molar-refractivity contribution is -0.122. The summed E-state index contributed by atoms with van der Waals surface area (Å²) in [6.45, 7) is 12.4. The van der Waals surface area contributed by atoms with Gasteiger partial charge in [-0.25, -0.2) is 0 Å². The van der Waals surface area contributed by atoms with E-state index in [2.05, 4.69) is 20.4 Å². The Balaban J connectivity index is 3.04. The third-order valence-electron chi connectivity index (χ3n) is 4.24. The normalized spacial score (nSPS) is 31.6. The number of hydrogen-bond acceptors (Lipinski definition) is 1. The molecule has 1 saturated carbocycles. The molecule has 2 atom stereocenters. The van der Waals surface area contributed by atoms with Crippen LogP contribution in [0.25, 0.3) is 0 Å². The summed E-state index contributed by atoms with van der Waals surface area (Å²) in [6.07, 6.45) is 6.32. The summed E-state index contributed by atoms with van der Waals surface area (Å²) in [5.41, 5.74) is 2.14. The Bertz CT molecular complexity index is 324. The molecule has 1 nitrogen and oxygen atoms in total. The number of carbonyl (C=O) groups excluding carboxylic acids is 1. The van der Waals surface area contributed by atoms with E-state index in [9.17, 15) is 4.79 Å². The summed E-state index contributed by atoms with van der Waals surface area (Å²) < 4.78 is 0. The van der Waals surface area contributed by atoms with Gasteiger partial charge in [-0.2, -0.15) is 0 Å². The van der Waals surface area contributed by atoms with E-state index < -0.39 is 0 Å². The number of allylic oxidation sites excluding steroid dienone is 3. The molecule has 0 aromatic carbocycles. The molecule has 0 aliphatic heterocycles. The number of Topliss-reactive ketones (excluding diaryl/α,β-unsaturated/α-hetero) is 1. The summed E-state index contributed by atoms with van der Waals surface area (Å²) >= 11 is 0. The fraction of sp³-hybridized carbons (Fsp3) is 0.667. The largest absolute Gasteiger partial charge is 0.294 e. The minimum Gasteiger partial charge on any atom is -0.294 e. The number of ketones is 1. The molecule has 0 heterocycles. The minimum atomic E-state index is 0.0439. The van der Waals surface area contributed by atoms with Gasteiger partial charge >= 0.3 is 0 Å². The van der Waals surface area contributed by atoms with Gasteiger partial charge < -0.3 is 0 Å². The molecule has 1 heteroatoms. The Morgan fingerprint density at radius 1 is 1.62 bits per heavy atom. The van der Waals surface area contributed by atoms with Crippen LogP contribution in [0.5, 0.6) is 0 Å². The molecule has 1 fully saturated rings. The van der Waals surface area contributed by atoms with Gasteiger partial charge in [-0.3, -0.25) is 4.79 Å². The zero-order valence-electron chi connectivity index (χ0n) is 11.1. The summed E-state index contributed by atoms with van der Waals surface area (Å²) in [4.78, 5) is 12.4. The Hall–Kier alpha value is -0.850. The van der Waals surface area contributed by atoms with Crippen LogP contribution in [0.3, 0.4) is 0 Å². The zero-order valence-corrected chi connectivity index (χ0v) is 11.1. The van der Waals surface area contributed by atoms with Crippen LogP contribution in [0.2, 0.25) is 0 Å². The standard InChI is InChI=1S/C15H24O/c1-6-11(3)14(16)13-12(4)9-8-10-15(13,5)7-2/h6,13H,4,7-10H2,1-3,5H3/t13-,15+/m1/s1. The lowest BCUT2D eigenvalue weighted by Crippen LogP contribution is -2.37. The third kappa shape index (κ3) is 2.28. The van der Waals surface area contributed by atoms with E-state index in [0.717, 1.165) is 30.4 Å². The molecule has 0 aromatic heterocycles. The Morgan fingerprint density at radius 2 is 2.25 bits per heavy atom. The summed E-state index contributed by atoms with van der Waals surface area (Å²) in [5.74, 6) is 0.332. The maximum Gasteiger partial charge on any atom is 0.165 e. The van der Waals surface area contributed by atoms with E-state index in [1.165, 1.54) is 6.42 Å². The summed E-state index contributed by atoms with van der Waals surface area (Å²) in [7, 11) is 0. The molecule has 0 unspecified atom stereocenters. The van der Waals surface area contributed by atoms with Gasteiger partial charge in [-0.05, 0) is 50.5 Å². The first-order chi connectivity index (χ1) is 7.46. The van der Waals surface area contributed by atoms with Crippen molar-refractivity contribution >= 4 is 5.78 Å². The van der Waals surface area contributed by atoms with Gasteiger partial charge in [-0.1, -0.05) is 32.1 Å². The van der Waals surface area contributed by atoms with Crippen molar-refractivity contribution in [3.8, 4) is 0 Å². The molecule has 1 rings (SSSR count). The number of rotatable bonds is 3. The maximum atomic E-state index is 12.4. The highest BCUT2D eigenvalue weighted by atomic mass is 16.1. The van der Waals surface area contributed by atoms with E-state index in [1.807, 2.05) is 19.9 Å². The molecule has 0 spiro atoms. The Morgan fingerprint density at radius 3 is 2.75 bits per heavy atom. The predicted octanol–water partition coefficient (Wildman–Crippen LogP) is 4.29. The molecule has 0 saturated heterocycles. The fourth-order valence-electron chi connectivity index (χ4n) is 2.75. The van der Waals surface area contributed by atoms with Crippen LogP contribution in [0, 0.1) is 11.3 Å². The van der Waals surface area contributed by atoms with Gasteiger partial charge in [0.1, 0.15) is 0 Å². The zero-order chi connectivity index (χ0) is 12.3. The van der Waals surface area contributed by atoms with Crippen molar-refractivity contribution in [3.05, 3.63) is 23.8 Å². The highest BCUT2D eigenvalue weighted by molar-refractivity contribution is 5.98. The monoisotopic (exact) mass is 220 g/mol. The van der Waals surface area contributed by atoms with Crippen LogP contribution in [0.15, 0.2) is 23.8 Å². The maximum absolute atomic E-state index is 12.4. The van der Waals surface area contributed by atoms with Crippen molar-refractivity contribution in [1.82, 2.24) is 0 Å². The quantitative estimate of drug-likeness (QED) is 0.512. The molecule has 1 aliphatic rings. The second-order valence-electron chi connectivity index (χ2n) is 5.29. The lowest BCUT2D eigenvalue weighted by atomic mass is 9.62. The van der Waals surface area contributed by atoms with Crippen molar-refractivity contribution in [2.45, 2.75) is 53.4 Å². The average Bonchev–Trinajstić information content (AvgIpc) is 2.27. The first-order valence-electron chi connectivity index (χ1n) is 6.31. The van der Waals surface area contributed by atoms with Crippen LogP contribution in [-0.2, 0) is 4.79 Å². The van der Waals surface area contributed by atoms with Gasteiger partial charge in [0.25, 0.3) is 0 Å². The van der Waals surface area contributed by atoms with E-state index >= 15 is 0 Å². The van der Waals surface area contributed by atoms with Gasteiger partial charge in [0.15, 0.2) is 5.78 Å². The predicted molar refractivity (Wildman–Crippen MR) is 69.3 cm³/mol. The molecule has 90 valence electrons. The van der Waals surface area contributed by atoms with E-state index in [-0.39, 0.29) is 17.1 Å². The summed E-state index contributed by atoms with van der Waals surface area (Å²) in [5, 5.41) is 0. The summed E-state index contributed by atoms with van der Waals surface area (Å²) in [6, 6.07) is 0. The third-order valence-corrected chi connectivity index (χ3v) is 4.24. The highest BCUT2D eigenvalue weighted by Gasteiger charge is 2.41. The second kappa shape index (κ2) is 4.99. The van der Waals surface area contributed by atoms with Crippen molar-refractivity contribution in [2.24, 2.45) is 11.3 Å². The van der Waals surface area contributed by atoms with Gasteiger partial charge in [0, 0.05) is 5.92 Å². The molecule has 1 aliphatic carbocycles. The lowest BCUT2D eigenvalue weighted by Gasteiger charge is -2.41. The average molecular weight is 220 g/mol. The molecule has 0 N–H and O–H groups in total.